The molecule has 0 radical (unpaired) electrons. The minimum atomic E-state index is -0.296. The molecule has 104 valence electrons. The number of benzene rings is 2. The third kappa shape index (κ3) is 2.43. The Hall–Kier alpha value is -2.88. The normalized spacial score (nSPS) is 10.5. The van der Waals surface area contributed by atoms with E-state index in [-0.39, 0.29) is 11.5 Å². The van der Waals surface area contributed by atoms with Gasteiger partial charge in [0.25, 0.3) is 11.5 Å². The van der Waals surface area contributed by atoms with E-state index in [0.717, 1.165) is 16.5 Å². The number of fused-ring (bicyclic) bond motifs is 1. The van der Waals surface area contributed by atoms with E-state index >= 15 is 0 Å². The number of carbonyl (C=O) groups is 1. The van der Waals surface area contributed by atoms with Gasteiger partial charge in [-0.1, -0.05) is 36.4 Å². The fraction of sp³-hybridized carbons (Fsp3) is 0.0588. The predicted molar refractivity (Wildman–Crippen MR) is 83.7 cm³/mol. The molecule has 0 aliphatic rings. The summed E-state index contributed by atoms with van der Waals surface area (Å²) >= 11 is 0. The molecule has 1 aromatic heterocycles. The summed E-state index contributed by atoms with van der Waals surface area (Å²) in [5.74, 6) is -0.292. The molecule has 0 fully saturated rings. The van der Waals surface area contributed by atoms with Crippen molar-refractivity contribution in [2.75, 3.05) is 5.32 Å². The molecule has 2 aromatic carbocycles. The van der Waals surface area contributed by atoms with E-state index in [9.17, 15) is 9.59 Å². The number of H-pyrrole nitrogens is 1. The summed E-state index contributed by atoms with van der Waals surface area (Å²) in [4.78, 5) is 27.1. The Morgan fingerprint density at radius 1 is 1.00 bits per heavy atom. The number of rotatable bonds is 2. The van der Waals surface area contributed by atoms with E-state index in [0.29, 0.717) is 11.3 Å². The van der Waals surface area contributed by atoms with Crippen LogP contribution in [0.15, 0.2) is 59.4 Å². The van der Waals surface area contributed by atoms with Gasteiger partial charge in [-0.25, -0.2) is 0 Å². The van der Waals surface area contributed by atoms with Crippen LogP contribution in [-0.4, -0.2) is 10.9 Å². The molecule has 3 rings (SSSR count). The monoisotopic (exact) mass is 278 g/mol. The number of hydrogen-bond donors (Lipinski definition) is 2. The molecule has 21 heavy (non-hydrogen) atoms. The Morgan fingerprint density at radius 2 is 1.67 bits per heavy atom. The second-order valence-corrected chi connectivity index (χ2v) is 4.82. The first-order chi connectivity index (χ1) is 10.2. The molecule has 1 heterocycles. The maximum absolute atomic E-state index is 12.2. The molecule has 0 saturated carbocycles. The lowest BCUT2D eigenvalue weighted by molar-refractivity contribution is 0.102. The smallest absolute Gasteiger partial charge is 0.272 e. The molecule has 0 bridgehead atoms. The Bertz CT molecular complexity index is 867. The number of para-hydroxylation sites is 1. The number of aromatic amines is 1. The van der Waals surface area contributed by atoms with Crippen molar-refractivity contribution >= 4 is 22.5 Å². The number of carbonyl (C=O) groups excluding carboxylic acids is 1. The standard InChI is InChI=1S/C17H14N2O2/c1-11-13-9-5-6-10-14(13)18-17(21)15(11)19-16(20)12-7-3-2-4-8-12/h2-10H,1H3,(H,18,21)(H,19,20). The summed E-state index contributed by atoms with van der Waals surface area (Å²) in [6.07, 6.45) is 0. The van der Waals surface area contributed by atoms with Crippen LogP contribution in [0.25, 0.3) is 10.9 Å². The lowest BCUT2D eigenvalue weighted by Gasteiger charge is -2.10. The molecule has 0 saturated heterocycles. The molecular weight excluding hydrogens is 264 g/mol. The van der Waals surface area contributed by atoms with Gasteiger partial charge in [0.15, 0.2) is 0 Å². The highest BCUT2D eigenvalue weighted by atomic mass is 16.2. The zero-order valence-electron chi connectivity index (χ0n) is 11.5. The second kappa shape index (κ2) is 5.25. The van der Waals surface area contributed by atoms with Crippen molar-refractivity contribution in [1.29, 1.82) is 0 Å². The van der Waals surface area contributed by atoms with Crippen LogP contribution < -0.4 is 10.9 Å². The summed E-state index contributed by atoms with van der Waals surface area (Å²) in [5, 5.41) is 3.62. The minimum absolute atomic E-state index is 0.292. The van der Waals surface area contributed by atoms with Crippen molar-refractivity contribution in [2.24, 2.45) is 0 Å². The van der Waals surface area contributed by atoms with Crippen molar-refractivity contribution in [3.8, 4) is 0 Å². The number of aryl methyl sites for hydroxylation is 1. The first-order valence-corrected chi connectivity index (χ1v) is 6.65. The van der Waals surface area contributed by atoms with Crippen molar-refractivity contribution in [1.82, 2.24) is 4.98 Å². The van der Waals surface area contributed by atoms with Crippen molar-refractivity contribution in [3.05, 3.63) is 76.1 Å². The highest BCUT2D eigenvalue weighted by Gasteiger charge is 2.12. The van der Waals surface area contributed by atoms with E-state index in [2.05, 4.69) is 10.3 Å². The lowest BCUT2D eigenvalue weighted by Crippen LogP contribution is -2.21. The first-order valence-electron chi connectivity index (χ1n) is 6.65. The summed E-state index contributed by atoms with van der Waals surface area (Å²) in [5.41, 5.74) is 2.04. The fourth-order valence-corrected chi connectivity index (χ4v) is 2.33. The van der Waals surface area contributed by atoms with Crippen LogP contribution in [0.4, 0.5) is 5.69 Å². The van der Waals surface area contributed by atoms with Crippen LogP contribution in [0.1, 0.15) is 15.9 Å². The van der Waals surface area contributed by atoms with E-state index in [1.54, 1.807) is 24.3 Å². The van der Waals surface area contributed by atoms with Crippen LogP contribution in [0.3, 0.4) is 0 Å². The van der Waals surface area contributed by atoms with E-state index in [4.69, 9.17) is 0 Å². The van der Waals surface area contributed by atoms with Gasteiger partial charge in [-0.2, -0.15) is 0 Å². The van der Waals surface area contributed by atoms with E-state index in [1.807, 2.05) is 37.3 Å². The Balaban J connectivity index is 2.05. The van der Waals surface area contributed by atoms with Gasteiger partial charge in [0.1, 0.15) is 5.69 Å². The van der Waals surface area contributed by atoms with Crippen LogP contribution in [0.5, 0.6) is 0 Å². The van der Waals surface area contributed by atoms with Crippen molar-refractivity contribution < 1.29 is 4.79 Å². The molecule has 3 aromatic rings. The average molecular weight is 278 g/mol. The maximum Gasteiger partial charge on any atom is 0.272 e. The Morgan fingerprint density at radius 3 is 2.43 bits per heavy atom. The van der Waals surface area contributed by atoms with Gasteiger partial charge < -0.3 is 10.3 Å². The first kappa shape index (κ1) is 13.1. The third-order valence-corrected chi connectivity index (χ3v) is 3.46. The highest BCUT2D eigenvalue weighted by molar-refractivity contribution is 6.05. The van der Waals surface area contributed by atoms with Crippen molar-refractivity contribution in [2.45, 2.75) is 6.92 Å². The number of amides is 1. The maximum atomic E-state index is 12.2. The minimum Gasteiger partial charge on any atom is -0.320 e. The number of aromatic nitrogens is 1. The SMILES string of the molecule is Cc1c(NC(=O)c2ccccc2)c(=O)[nH]c2ccccc12. The van der Waals surface area contributed by atoms with Gasteiger partial charge in [-0.15, -0.1) is 0 Å². The van der Waals surface area contributed by atoms with Crippen LogP contribution >= 0.6 is 0 Å². The highest BCUT2D eigenvalue weighted by Crippen LogP contribution is 2.20. The second-order valence-electron chi connectivity index (χ2n) is 4.82. The van der Waals surface area contributed by atoms with Crippen LogP contribution in [-0.2, 0) is 0 Å². The molecule has 2 N–H and O–H groups in total. The molecule has 1 amide bonds. The zero-order chi connectivity index (χ0) is 14.8. The third-order valence-electron chi connectivity index (χ3n) is 3.46. The molecule has 4 nitrogen and oxygen atoms in total. The molecular formula is C17H14N2O2. The predicted octanol–water partition coefficient (Wildman–Crippen LogP) is 3.09. The molecule has 0 aliphatic heterocycles. The molecule has 0 unspecified atom stereocenters. The molecule has 0 aliphatic carbocycles. The summed E-state index contributed by atoms with van der Waals surface area (Å²) in [7, 11) is 0. The summed E-state index contributed by atoms with van der Waals surface area (Å²) in [6, 6.07) is 16.3. The average Bonchev–Trinajstić information content (AvgIpc) is 2.52. The van der Waals surface area contributed by atoms with E-state index in [1.165, 1.54) is 0 Å². The van der Waals surface area contributed by atoms with E-state index < -0.39 is 0 Å². The summed E-state index contributed by atoms with van der Waals surface area (Å²) < 4.78 is 0. The van der Waals surface area contributed by atoms with Gasteiger partial charge >= 0.3 is 0 Å². The van der Waals surface area contributed by atoms with Gasteiger partial charge in [-0.3, -0.25) is 9.59 Å². The van der Waals surface area contributed by atoms with Gasteiger partial charge in [0.05, 0.1) is 0 Å². The van der Waals surface area contributed by atoms with Crippen LogP contribution in [0.2, 0.25) is 0 Å². The zero-order valence-corrected chi connectivity index (χ0v) is 11.5. The molecule has 0 spiro atoms. The number of pyridine rings is 1. The number of hydrogen-bond acceptors (Lipinski definition) is 2. The summed E-state index contributed by atoms with van der Waals surface area (Å²) in [6.45, 7) is 1.83. The molecule has 0 atom stereocenters. The number of anilines is 1. The fourth-order valence-electron chi connectivity index (χ4n) is 2.33. The lowest BCUT2D eigenvalue weighted by atomic mass is 10.1. The van der Waals surface area contributed by atoms with Gasteiger partial charge in [0, 0.05) is 16.5 Å². The largest absolute Gasteiger partial charge is 0.320 e. The Kier molecular flexibility index (Phi) is 3.28. The van der Waals surface area contributed by atoms with Gasteiger partial charge in [0.2, 0.25) is 0 Å². The van der Waals surface area contributed by atoms with Gasteiger partial charge in [-0.05, 0) is 30.7 Å². The Labute approximate surface area is 121 Å². The topological polar surface area (TPSA) is 62.0 Å². The van der Waals surface area contributed by atoms with Crippen molar-refractivity contribution in [3.63, 3.8) is 0 Å². The van der Waals surface area contributed by atoms with Crippen LogP contribution in [0, 0.1) is 6.92 Å². The quantitative estimate of drug-likeness (QED) is 0.756. The number of nitrogens with one attached hydrogen (secondary N) is 2. The molecule has 4 heteroatoms.